The van der Waals surface area contributed by atoms with Gasteiger partial charge in [-0.05, 0) is 6.42 Å². The molecule has 0 amide bonds. The first-order valence-corrected chi connectivity index (χ1v) is 7.34. The van der Waals surface area contributed by atoms with E-state index in [2.05, 4.69) is 0 Å². The van der Waals surface area contributed by atoms with Crippen molar-refractivity contribution in [3.05, 3.63) is 0 Å². The van der Waals surface area contributed by atoms with Crippen molar-refractivity contribution < 1.29 is 49.7 Å². The van der Waals surface area contributed by atoms with Crippen LogP contribution in [0.15, 0.2) is 0 Å². The Morgan fingerprint density at radius 2 is 1.62 bits per heavy atom. The van der Waals surface area contributed by atoms with Crippen molar-refractivity contribution in [3.63, 3.8) is 0 Å². The third-order valence-corrected chi connectivity index (χ3v) is 3.49. The molecule has 0 aromatic carbocycles. The van der Waals surface area contributed by atoms with Crippen molar-refractivity contribution in [1.82, 2.24) is 4.90 Å². The maximum atomic E-state index is 10.7. The molecule has 11 nitrogen and oxygen atoms in total. The summed E-state index contributed by atoms with van der Waals surface area (Å²) in [5, 5.41) is 55.6. The van der Waals surface area contributed by atoms with Crippen molar-refractivity contribution >= 4 is 11.9 Å². The van der Waals surface area contributed by atoms with E-state index in [4.69, 9.17) is 24.8 Å². The summed E-state index contributed by atoms with van der Waals surface area (Å²) in [6.45, 7) is -1.39. The van der Waals surface area contributed by atoms with Gasteiger partial charge in [0.1, 0.15) is 24.4 Å². The summed E-state index contributed by atoms with van der Waals surface area (Å²) in [5.41, 5.74) is 0. The Balaban J connectivity index is 2.42. The lowest BCUT2D eigenvalue weighted by molar-refractivity contribution is -0.296. The summed E-state index contributed by atoms with van der Waals surface area (Å²) in [6, 6.07) is 0. The van der Waals surface area contributed by atoms with Gasteiger partial charge in [-0.15, -0.1) is 0 Å². The first-order valence-electron chi connectivity index (χ1n) is 7.34. The lowest BCUT2D eigenvalue weighted by Crippen LogP contribution is -2.59. The lowest BCUT2D eigenvalue weighted by Gasteiger charge is -2.39. The number of aliphatic carboxylic acids is 2. The van der Waals surface area contributed by atoms with Gasteiger partial charge in [0.05, 0.1) is 19.7 Å². The Labute approximate surface area is 137 Å². The molecule has 0 bridgehead atoms. The molecule has 1 saturated heterocycles. The molecule has 0 spiro atoms. The summed E-state index contributed by atoms with van der Waals surface area (Å²) in [7, 11) is 0. The van der Waals surface area contributed by atoms with Gasteiger partial charge in [0.2, 0.25) is 0 Å². The molecule has 0 saturated carbocycles. The van der Waals surface area contributed by atoms with Crippen LogP contribution in [0.1, 0.15) is 6.42 Å². The van der Waals surface area contributed by atoms with Gasteiger partial charge in [-0.2, -0.15) is 0 Å². The first-order chi connectivity index (χ1) is 11.3. The summed E-state index contributed by atoms with van der Waals surface area (Å²) >= 11 is 0. The van der Waals surface area contributed by atoms with Crippen LogP contribution in [0.3, 0.4) is 0 Å². The summed E-state index contributed by atoms with van der Waals surface area (Å²) in [6.07, 6.45) is -6.59. The Morgan fingerprint density at radius 3 is 2.12 bits per heavy atom. The molecular formula is C13H23NO10. The predicted molar refractivity (Wildman–Crippen MR) is 76.0 cm³/mol. The standard InChI is InChI=1S/C13H23NO10/c15-6-7-10(20)11(21)12(13(22)24-7)23-3-1-2-14(4-8(16)17)5-9(18)19/h7,10-13,15,20-22H,1-6H2,(H,16,17)(H,18,19)/t7-,10-,11+,12-,13?/m1/s1. The molecule has 1 aliphatic rings. The van der Waals surface area contributed by atoms with E-state index in [1.807, 2.05) is 0 Å². The molecule has 0 aromatic rings. The second kappa shape index (κ2) is 9.84. The lowest BCUT2D eigenvalue weighted by atomic mass is 9.99. The number of carboxylic acid groups (broad SMARTS) is 2. The molecular weight excluding hydrogens is 330 g/mol. The van der Waals surface area contributed by atoms with Crippen molar-refractivity contribution in [2.75, 3.05) is 32.8 Å². The van der Waals surface area contributed by atoms with E-state index in [0.29, 0.717) is 0 Å². The van der Waals surface area contributed by atoms with E-state index in [1.54, 1.807) is 0 Å². The molecule has 11 heteroatoms. The highest BCUT2D eigenvalue weighted by Crippen LogP contribution is 2.22. The molecule has 0 aromatic heterocycles. The van der Waals surface area contributed by atoms with Crippen molar-refractivity contribution in [2.24, 2.45) is 0 Å². The van der Waals surface area contributed by atoms with Crippen LogP contribution in [0.4, 0.5) is 0 Å². The van der Waals surface area contributed by atoms with Gasteiger partial charge in [-0.3, -0.25) is 14.5 Å². The van der Waals surface area contributed by atoms with Crippen LogP contribution < -0.4 is 0 Å². The van der Waals surface area contributed by atoms with Gasteiger partial charge < -0.3 is 40.1 Å². The molecule has 24 heavy (non-hydrogen) atoms. The zero-order valence-electron chi connectivity index (χ0n) is 12.9. The monoisotopic (exact) mass is 353 g/mol. The Kier molecular flexibility index (Phi) is 8.48. The van der Waals surface area contributed by atoms with Gasteiger partial charge in [-0.25, -0.2) is 0 Å². The highest BCUT2D eigenvalue weighted by molar-refractivity contribution is 5.72. The summed E-state index contributed by atoms with van der Waals surface area (Å²) in [5.74, 6) is -2.33. The second-order valence-corrected chi connectivity index (χ2v) is 5.42. The molecule has 140 valence electrons. The fourth-order valence-corrected chi connectivity index (χ4v) is 2.36. The number of hydrogen-bond acceptors (Lipinski definition) is 9. The zero-order valence-corrected chi connectivity index (χ0v) is 12.9. The zero-order chi connectivity index (χ0) is 18.3. The van der Waals surface area contributed by atoms with Crippen LogP contribution in [-0.2, 0) is 19.1 Å². The van der Waals surface area contributed by atoms with E-state index < -0.39 is 62.3 Å². The van der Waals surface area contributed by atoms with Crippen molar-refractivity contribution in [1.29, 1.82) is 0 Å². The molecule has 1 aliphatic heterocycles. The molecule has 1 rings (SSSR count). The number of nitrogens with zero attached hydrogens (tertiary/aromatic N) is 1. The van der Waals surface area contributed by atoms with Crippen molar-refractivity contribution in [3.8, 4) is 0 Å². The average Bonchev–Trinajstić information content (AvgIpc) is 2.48. The van der Waals surface area contributed by atoms with E-state index in [9.17, 15) is 24.9 Å². The molecule has 1 heterocycles. The van der Waals surface area contributed by atoms with Crippen LogP contribution in [0, 0.1) is 0 Å². The smallest absolute Gasteiger partial charge is 0.317 e. The van der Waals surface area contributed by atoms with Crippen LogP contribution in [0.25, 0.3) is 0 Å². The van der Waals surface area contributed by atoms with Crippen LogP contribution in [-0.4, -0.2) is 111 Å². The fourth-order valence-electron chi connectivity index (χ4n) is 2.36. The van der Waals surface area contributed by atoms with E-state index >= 15 is 0 Å². The number of carboxylic acids is 2. The molecule has 5 atom stereocenters. The predicted octanol–water partition coefficient (Wildman–Crippen LogP) is -3.34. The Morgan fingerprint density at radius 1 is 1.04 bits per heavy atom. The quantitative estimate of drug-likeness (QED) is 0.216. The minimum absolute atomic E-state index is 0.0333. The van der Waals surface area contributed by atoms with Crippen LogP contribution >= 0.6 is 0 Å². The minimum Gasteiger partial charge on any atom is -0.480 e. The minimum atomic E-state index is -1.55. The number of aliphatic hydroxyl groups is 4. The van der Waals surface area contributed by atoms with Gasteiger partial charge in [0.15, 0.2) is 6.29 Å². The molecule has 1 unspecified atom stereocenters. The molecule has 0 aliphatic carbocycles. The van der Waals surface area contributed by atoms with Gasteiger partial charge in [0, 0.05) is 13.2 Å². The summed E-state index contributed by atoms with van der Waals surface area (Å²) in [4.78, 5) is 22.5. The largest absolute Gasteiger partial charge is 0.480 e. The van der Waals surface area contributed by atoms with Crippen molar-refractivity contribution in [2.45, 2.75) is 37.1 Å². The molecule has 0 radical (unpaired) electrons. The van der Waals surface area contributed by atoms with Gasteiger partial charge in [0.25, 0.3) is 0 Å². The molecule has 1 fully saturated rings. The first kappa shape index (κ1) is 20.7. The van der Waals surface area contributed by atoms with Gasteiger partial charge >= 0.3 is 11.9 Å². The normalized spacial score (nSPS) is 30.5. The topological polar surface area (TPSA) is 177 Å². The number of hydrogen-bond donors (Lipinski definition) is 6. The van der Waals surface area contributed by atoms with E-state index in [-0.39, 0.29) is 19.6 Å². The Hall–Kier alpha value is -1.34. The SMILES string of the molecule is O=C(O)CN(CCCO[C@H]1C(O)O[C@H](CO)[C@@H](O)[C@@H]1O)CC(=O)O. The third kappa shape index (κ3) is 6.28. The Bertz CT molecular complexity index is 404. The van der Waals surface area contributed by atoms with Crippen LogP contribution in [0.2, 0.25) is 0 Å². The average molecular weight is 353 g/mol. The number of aliphatic hydroxyl groups excluding tert-OH is 4. The number of carbonyl (C=O) groups is 2. The van der Waals surface area contributed by atoms with E-state index in [1.165, 1.54) is 4.90 Å². The third-order valence-electron chi connectivity index (χ3n) is 3.49. The number of ether oxygens (including phenoxy) is 2. The van der Waals surface area contributed by atoms with E-state index in [0.717, 1.165) is 0 Å². The highest BCUT2D eigenvalue weighted by atomic mass is 16.7. The maximum Gasteiger partial charge on any atom is 0.317 e. The number of rotatable bonds is 10. The van der Waals surface area contributed by atoms with Crippen LogP contribution in [0.5, 0.6) is 0 Å². The molecule has 6 N–H and O–H groups in total. The fraction of sp³-hybridized carbons (Fsp3) is 0.846. The van der Waals surface area contributed by atoms with Gasteiger partial charge in [-0.1, -0.05) is 0 Å². The highest BCUT2D eigenvalue weighted by Gasteiger charge is 2.44. The summed E-state index contributed by atoms with van der Waals surface area (Å²) < 4.78 is 10.2. The second-order valence-electron chi connectivity index (χ2n) is 5.42. The maximum absolute atomic E-state index is 10.7.